The number of benzene rings is 1. The SMILES string of the molecule is Cc1nc(CC(N)c2c(Cl)cccc2Cl)sc1C. The molecule has 1 aromatic carbocycles. The van der Waals surface area contributed by atoms with Gasteiger partial charge < -0.3 is 5.73 Å². The summed E-state index contributed by atoms with van der Waals surface area (Å²) in [5, 5.41) is 2.24. The summed E-state index contributed by atoms with van der Waals surface area (Å²) in [4.78, 5) is 5.71. The highest BCUT2D eigenvalue weighted by Gasteiger charge is 2.16. The van der Waals surface area contributed by atoms with Crippen LogP contribution in [0.5, 0.6) is 0 Å². The van der Waals surface area contributed by atoms with Crippen LogP contribution in [-0.4, -0.2) is 4.98 Å². The zero-order valence-electron chi connectivity index (χ0n) is 10.2. The normalized spacial score (nSPS) is 12.7. The molecule has 0 spiro atoms. The van der Waals surface area contributed by atoms with Crippen LogP contribution in [0.25, 0.3) is 0 Å². The quantitative estimate of drug-likeness (QED) is 0.917. The molecule has 2 rings (SSSR count). The zero-order chi connectivity index (χ0) is 13.3. The minimum Gasteiger partial charge on any atom is -0.324 e. The molecular formula is C13H14Cl2N2S. The molecule has 2 nitrogen and oxygen atoms in total. The first kappa shape index (κ1) is 13.8. The van der Waals surface area contributed by atoms with Gasteiger partial charge in [0.1, 0.15) is 0 Å². The first-order valence-corrected chi connectivity index (χ1v) is 7.18. The van der Waals surface area contributed by atoms with E-state index in [1.54, 1.807) is 23.5 Å². The summed E-state index contributed by atoms with van der Waals surface area (Å²) in [6.07, 6.45) is 0.656. The molecule has 0 aliphatic carbocycles. The van der Waals surface area contributed by atoms with E-state index in [9.17, 15) is 0 Å². The molecule has 0 amide bonds. The Morgan fingerprint density at radius 2 is 1.89 bits per heavy atom. The van der Waals surface area contributed by atoms with E-state index in [0.717, 1.165) is 16.3 Å². The van der Waals surface area contributed by atoms with Gasteiger partial charge in [0.2, 0.25) is 0 Å². The van der Waals surface area contributed by atoms with E-state index < -0.39 is 0 Å². The second kappa shape index (κ2) is 5.57. The summed E-state index contributed by atoms with van der Waals surface area (Å²) >= 11 is 14.0. The largest absolute Gasteiger partial charge is 0.324 e. The maximum absolute atomic E-state index is 6.19. The number of thiazole rings is 1. The topological polar surface area (TPSA) is 38.9 Å². The van der Waals surface area contributed by atoms with Crippen LogP contribution in [0.2, 0.25) is 10.0 Å². The van der Waals surface area contributed by atoms with Gasteiger partial charge in [0, 0.05) is 32.9 Å². The molecule has 18 heavy (non-hydrogen) atoms. The Hall–Kier alpha value is -0.610. The number of hydrogen-bond donors (Lipinski definition) is 1. The number of nitrogens with two attached hydrogens (primary N) is 1. The van der Waals surface area contributed by atoms with Crippen LogP contribution in [0.1, 0.15) is 27.2 Å². The van der Waals surface area contributed by atoms with Crippen molar-refractivity contribution in [3.8, 4) is 0 Å². The lowest BCUT2D eigenvalue weighted by Crippen LogP contribution is -2.14. The van der Waals surface area contributed by atoms with Crippen LogP contribution in [0, 0.1) is 13.8 Å². The maximum Gasteiger partial charge on any atom is 0.0949 e. The molecule has 1 unspecified atom stereocenters. The molecule has 96 valence electrons. The average molecular weight is 301 g/mol. The number of halogens is 2. The molecule has 0 fully saturated rings. The Labute approximate surface area is 121 Å². The summed E-state index contributed by atoms with van der Waals surface area (Å²) in [6, 6.07) is 5.21. The highest BCUT2D eigenvalue weighted by molar-refractivity contribution is 7.11. The summed E-state index contributed by atoms with van der Waals surface area (Å²) in [7, 11) is 0. The lowest BCUT2D eigenvalue weighted by atomic mass is 10.0. The number of nitrogens with zero attached hydrogens (tertiary/aromatic N) is 1. The van der Waals surface area contributed by atoms with E-state index >= 15 is 0 Å². The van der Waals surface area contributed by atoms with Gasteiger partial charge in [-0.2, -0.15) is 0 Å². The highest BCUT2D eigenvalue weighted by Crippen LogP contribution is 2.31. The van der Waals surface area contributed by atoms with Gasteiger partial charge in [0.05, 0.1) is 10.7 Å². The van der Waals surface area contributed by atoms with Crippen molar-refractivity contribution in [2.24, 2.45) is 5.73 Å². The molecule has 0 saturated carbocycles. The molecular weight excluding hydrogens is 287 g/mol. The van der Waals surface area contributed by atoms with E-state index in [0.29, 0.717) is 16.5 Å². The lowest BCUT2D eigenvalue weighted by molar-refractivity contribution is 0.717. The van der Waals surface area contributed by atoms with E-state index in [1.807, 2.05) is 13.0 Å². The summed E-state index contributed by atoms with van der Waals surface area (Å²) in [5.41, 5.74) is 8.05. The fourth-order valence-electron chi connectivity index (χ4n) is 1.78. The third kappa shape index (κ3) is 2.86. The number of aryl methyl sites for hydroxylation is 2. The Morgan fingerprint density at radius 3 is 2.39 bits per heavy atom. The Kier molecular flexibility index (Phi) is 4.28. The smallest absolute Gasteiger partial charge is 0.0949 e. The van der Waals surface area contributed by atoms with Crippen molar-refractivity contribution in [1.82, 2.24) is 4.98 Å². The average Bonchev–Trinajstić information content (AvgIpc) is 2.57. The van der Waals surface area contributed by atoms with Gasteiger partial charge >= 0.3 is 0 Å². The second-order valence-corrected chi connectivity index (χ2v) is 6.30. The fraction of sp³-hybridized carbons (Fsp3) is 0.308. The third-order valence-electron chi connectivity index (χ3n) is 2.84. The molecule has 1 heterocycles. The van der Waals surface area contributed by atoms with Gasteiger partial charge in [0.15, 0.2) is 0 Å². The number of rotatable bonds is 3. The summed E-state index contributed by atoms with van der Waals surface area (Å²) in [5.74, 6) is 0. The second-order valence-electron chi connectivity index (χ2n) is 4.20. The molecule has 0 aliphatic heterocycles. The monoisotopic (exact) mass is 300 g/mol. The molecule has 5 heteroatoms. The van der Waals surface area contributed by atoms with Crippen molar-refractivity contribution in [1.29, 1.82) is 0 Å². The summed E-state index contributed by atoms with van der Waals surface area (Å²) < 4.78 is 0. The van der Waals surface area contributed by atoms with Gasteiger partial charge in [-0.05, 0) is 26.0 Å². The number of aromatic nitrogens is 1. The molecule has 2 aromatic rings. The van der Waals surface area contributed by atoms with Crippen LogP contribution in [-0.2, 0) is 6.42 Å². The maximum atomic E-state index is 6.19. The predicted molar refractivity (Wildman–Crippen MR) is 78.7 cm³/mol. The number of hydrogen-bond acceptors (Lipinski definition) is 3. The van der Waals surface area contributed by atoms with E-state index in [2.05, 4.69) is 11.9 Å². The lowest BCUT2D eigenvalue weighted by Gasteiger charge is -2.13. The molecule has 0 saturated heterocycles. The minimum atomic E-state index is -0.226. The predicted octanol–water partition coefficient (Wildman–Crippen LogP) is 4.31. The third-order valence-corrected chi connectivity index (χ3v) is 4.59. The van der Waals surface area contributed by atoms with Gasteiger partial charge in [-0.25, -0.2) is 4.98 Å². The van der Waals surface area contributed by atoms with Gasteiger partial charge in [-0.15, -0.1) is 11.3 Å². The van der Waals surface area contributed by atoms with Crippen molar-refractivity contribution in [2.45, 2.75) is 26.3 Å². The van der Waals surface area contributed by atoms with Crippen LogP contribution >= 0.6 is 34.5 Å². The van der Waals surface area contributed by atoms with Crippen LogP contribution < -0.4 is 5.73 Å². The van der Waals surface area contributed by atoms with Gasteiger partial charge in [-0.1, -0.05) is 29.3 Å². The van der Waals surface area contributed by atoms with E-state index in [4.69, 9.17) is 28.9 Å². The molecule has 1 aromatic heterocycles. The zero-order valence-corrected chi connectivity index (χ0v) is 12.5. The molecule has 1 atom stereocenters. The van der Waals surface area contributed by atoms with Gasteiger partial charge in [-0.3, -0.25) is 0 Å². The molecule has 0 radical (unpaired) electrons. The van der Waals surface area contributed by atoms with Crippen LogP contribution in [0.15, 0.2) is 18.2 Å². The molecule has 0 bridgehead atoms. The first-order chi connectivity index (χ1) is 8.49. The van der Waals surface area contributed by atoms with Crippen molar-refractivity contribution >= 4 is 34.5 Å². The highest BCUT2D eigenvalue weighted by atomic mass is 35.5. The molecule has 2 N–H and O–H groups in total. The standard InChI is InChI=1S/C13H14Cl2N2S/c1-7-8(2)18-12(17-7)6-11(16)13-9(14)4-3-5-10(13)15/h3-5,11H,6,16H2,1-2H3. The van der Waals surface area contributed by atoms with Crippen molar-refractivity contribution in [2.75, 3.05) is 0 Å². The Bertz CT molecular complexity index is 526. The van der Waals surface area contributed by atoms with E-state index in [1.165, 1.54) is 4.88 Å². The van der Waals surface area contributed by atoms with Gasteiger partial charge in [0.25, 0.3) is 0 Å². The Morgan fingerprint density at radius 1 is 1.28 bits per heavy atom. The Balaban J connectivity index is 2.24. The van der Waals surface area contributed by atoms with Crippen molar-refractivity contribution in [3.05, 3.63) is 49.4 Å². The molecule has 0 aliphatic rings. The van der Waals surface area contributed by atoms with E-state index in [-0.39, 0.29) is 6.04 Å². The first-order valence-electron chi connectivity index (χ1n) is 5.61. The fourth-order valence-corrected chi connectivity index (χ4v) is 3.45. The van der Waals surface area contributed by atoms with Crippen molar-refractivity contribution in [3.63, 3.8) is 0 Å². The van der Waals surface area contributed by atoms with Crippen LogP contribution in [0.4, 0.5) is 0 Å². The van der Waals surface area contributed by atoms with Crippen molar-refractivity contribution < 1.29 is 0 Å². The summed E-state index contributed by atoms with van der Waals surface area (Å²) in [6.45, 7) is 4.06. The minimum absolute atomic E-state index is 0.226. The van der Waals surface area contributed by atoms with Crippen LogP contribution in [0.3, 0.4) is 0 Å².